The van der Waals surface area contributed by atoms with E-state index in [0.29, 0.717) is 17.9 Å². The quantitative estimate of drug-likeness (QED) is 0.824. The van der Waals surface area contributed by atoms with Crippen molar-refractivity contribution in [3.8, 4) is 5.75 Å². The first-order chi connectivity index (χ1) is 8.63. The number of carboxylic acid groups (broad SMARTS) is 1. The fourth-order valence-corrected chi connectivity index (χ4v) is 2.06. The minimum atomic E-state index is -1.03. The average molecular weight is 250 g/mol. The second-order valence-corrected chi connectivity index (χ2v) is 4.03. The smallest absolute Gasteiger partial charge is 0.311 e. The molecule has 1 N–H and O–H groups in total. The van der Waals surface area contributed by atoms with Gasteiger partial charge in [0, 0.05) is 5.56 Å². The van der Waals surface area contributed by atoms with Gasteiger partial charge in [0.15, 0.2) is 0 Å². The molecule has 1 aliphatic rings. The van der Waals surface area contributed by atoms with E-state index in [1.54, 1.807) is 24.3 Å². The lowest BCUT2D eigenvalue weighted by atomic mass is 9.95. The molecule has 0 aromatic heterocycles. The van der Waals surface area contributed by atoms with Crippen LogP contribution in [0.2, 0.25) is 0 Å². The van der Waals surface area contributed by atoms with Crippen molar-refractivity contribution in [2.75, 3.05) is 6.61 Å². The van der Waals surface area contributed by atoms with Crippen LogP contribution in [0.4, 0.5) is 0 Å². The molecule has 1 aliphatic heterocycles. The zero-order valence-corrected chi connectivity index (χ0v) is 9.96. The zero-order valence-electron chi connectivity index (χ0n) is 9.96. The number of para-hydroxylation sites is 1. The molecule has 5 heteroatoms. The van der Waals surface area contributed by atoms with Gasteiger partial charge < -0.3 is 14.6 Å². The van der Waals surface area contributed by atoms with Gasteiger partial charge in [-0.2, -0.15) is 0 Å². The minimum Gasteiger partial charge on any atom is -0.493 e. The molecule has 2 atom stereocenters. The van der Waals surface area contributed by atoms with Crippen molar-refractivity contribution in [2.24, 2.45) is 5.92 Å². The molecule has 1 aromatic carbocycles. The third-order valence-corrected chi connectivity index (χ3v) is 2.85. The molecular weight excluding hydrogens is 236 g/mol. The number of esters is 1. The average Bonchev–Trinajstić information content (AvgIpc) is 2.72. The summed E-state index contributed by atoms with van der Waals surface area (Å²) >= 11 is 0. The number of ether oxygens (including phenoxy) is 2. The number of rotatable bonds is 4. The lowest BCUT2D eigenvalue weighted by Gasteiger charge is -2.17. The lowest BCUT2D eigenvalue weighted by Crippen LogP contribution is -2.18. The topological polar surface area (TPSA) is 72.8 Å². The molecule has 0 bridgehead atoms. The van der Waals surface area contributed by atoms with Crippen LogP contribution in [0.3, 0.4) is 0 Å². The predicted molar refractivity (Wildman–Crippen MR) is 62.2 cm³/mol. The summed E-state index contributed by atoms with van der Waals surface area (Å²) in [6.45, 7) is 2.31. The Morgan fingerprint density at radius 1 is 1.50 bits per heavy atom. The van der Waals surface area contributed by atoms with Gasteiger partial charge in [-0.05, 0) is 13.0 Å². The van der Waals surface area contributed by atoms with Crippen molar-refractivity contribution in [1.29, 1.82) is 0 Å². The normalized spacial score (nSPS) is 22.6. The van der Waals surface area contributed by atoms with Crippen LogP contribution in [0.25, 0.3) is 0 Å². The van der Waals surface area contributed by atoms with Crippen LogP contribution in [-0.4, -0.2) is 23.7 Å². The van der Waals surface area contributed by atoms with E-state index < -0.39 is 24.0 Å². The molecule has 1 fully saturated rings. The van der Waals surface area contributed by atoms with Gasteiger partial charge in [0.05, 0.1) is 13.0 Å². The highest BCUT2D eigenvalue weighted by molar-refractivity contribution is 5.83. The third kappa shape index (κ3) is 2.30. The second kappa shape index (κ2) is 5.08. The molecule has 1 heterocycles. The summed E-state index contributed by atoms with van der Waals surface area (Å²) < 4.78 is 10.5. The third-order valence-electron chi connectivity index (χ3n) is 2.85. The van der Waals surface area contributed by atoms with E-state index in [4.69, 9.17) is 14.6 Å². The number of benzene rings is 1. The molecule has 2 unspecified atom stereocenters. The molecule has 2 rings (SSSR count). The Kier molecular flexibility index (Phi) is 3.50. The highest BCUT2D eigenvalue weighted by Crippen LogP contribution is 2.39. The number of aliphatic carboxylic acids is 1. The Hall–Kier alpha value is -2.04. The number of carboxylic acids is 1. The van der Waals surface area contributed by atoms with E-state index in [0.717, 1.165) is 0 Å². The van der Waals surface area contributed by atoms with Crippen LogP contribution in [-0.2, 0) is 14.3 Å². The van der Waals surface area contributed by atoms with Crippen LogP contribution in [0.15, 0.2) is 24.3 Å². The van der Waals surface area contributed by atoms with Crippen LogP contribution >= 0.6 is 0 Å². The molecule has 0 amide bonds. The number of hydrogen-bond donors (Lipinski definition) is 1. The summed E-state index contributed by atoms with van der Waals surface area (Å²) in [5.41, 5.74) is 0.609. The molecule has 0 aliphatic carbocycles. The Labute approximate surface area is 104 Å². The lowest BCUT2D eigenvalue weighted by molar-refractivity contribution is -0.144. The summed E-state index contributed by atoms with van der Waals surface area (Å²) in [6, 6.07) is 7.03. The first kappa shape index (κ1) is 12.4. The SMILES string of the molecule is CCOc1ccccc1C1OC(=O)CC1C(=O)O. The van der Waals surface area contributed by atoms with E-state index >= 15 is 0 Å². The number of hydrogen-bond acceptors (Lipinski definition) is 4. The number of carbonyl (C=O) groups excluding carboxylic acids is 1. The van der Waals surface area contributed by atoms with Gasteiger partial charge in [-0.25, -0.2) is 0 Å². The highest BCUT2D eigenvalue weighted by atomic mass is 16.6. The maximum atomic E-state index is 11.3. The zero-order chi connectivity index (χ0) is 13.1. The first-order valence-electron chi connectivity index (χ1n) is 5.77. The monoisotopic (exact) mass is 250 g/mol. The maximum absolute atomic E-state index is 11.3. The van der Waals surface area contributed by atoms with E-state index in [1.165, 1.54) is 0 Å². The summed E-state index contributed by atoms with van der Waals surface area (Å²) in [5.74, 6) is -1.80. The van der Waals surface area contributed by atoms with Crippen LogP contribution < -0.4 is 4.74 Å². The van der Waals surface area contributed by atoms with Gasteiger partial charge in [-0.3, -0.25) is 9.59 Å². The second-order valence-electron chi connectivity index (χ2n) is 4.03. The molecule has 0 saturated carbocycles. The van der Waals surface area contributed by atoms with E-state index in [9.17, 15) is 9.59 Å². The summed E-state index contributed by atoms with van der Waals surface area (Å²) in [7, 11) is 0. The Bertz CT molecular complexity index is 468. The van der Waals surface area contributed by atoms with Crippen LogP contribution in [0.5, 0.6) is 5.75 Å². The van der Waals surface area contributed by atoms with Gasteiger partial charge in [0.25, 0.3) is 0 Å². The van der Waals surface area contributed by atoms with E-state index in [1.807, 2.05) is 6.92 Å². The largest absolute Gasteiger partial charge is 0.493 e. The van der Waals surface area contributed by atoms with Gasteiger partial charge in [-0.15, -0.1) is 0 Å². The Morgan fingerprint density at radius 2 is 2.22 bits per heavy atom. The van der Waals surface area contributed by atoms with Crippen molar-refractivity contribution in [3.63, 3.8) is 0 Å². The van der Waals surface area contributed by atoms with Gasteiger partial charge in [-0.1, -0.05) is 18.2 Å². The first-order valence-corrected chi connectivity index (χ1v) is 5.77. The molecule has 18 heavy (non-hydrogen) atoms. The van der Waals surface area contributed by atoms with Crippen molar-refractivity contribution in [1.82, 2.24) is 0 Å². The van der Waals surface area contributed by atoms with Crippen LogP contribution in [0, 0.1) is 5.92 Å². The van der Waals surface area contributed by atoms with Crippen molar-refractivity contribution in [3.05, 3.63) is 29.8 Å². The fourth-order valence-electron chi connectivity index (χ4n) is 2.06. The summed E-state index contributed by atoms with van der Waals surface area (Å²) in [5, 5.41) is 9.11. The molecule has 0 radical (unpaired) electrons. The maximum Gasteiger partial charge on any atom is 0.311 e. The van der Waals surface area contributed by atoms with Crippen LogP contribution in [0.1, 0.15) is 25.0 Å². The van der Waals surface area contributed by atoms with Crippen molar-refractivity contribution < 1.29 is 24.2 Å². The van der Waals surface area contributed by atoms with Gasteiger partial charge in [0.2, 0.25) is 0 Å². The Balaban J connectivity index is 2.35. The molecule has 0 spiro atoms. The predicted octanol–water partition coefficient (Wildman–Crippen LogP) is 1.77. The standard InChI is InChI=1S/C13H14O5/c1-2-17-10-6-4-3-5-8(10)12-9(13(15)16)7-11(14)18-12/h3-6,9,12H,2,7H2,1H3,(H,15,16). The number of carbonyl (C=O) groups is 2. The molecular formula is C13H14O5. The molecule has 5 nitrogen and oxygen atoms in total. The van der Waals surface area contributed by atoms with E-state index in [2.05, 4.69) is 0 Å². The highest BCUT2D eigenvalue weighted by Gasteiger charge is 2.42. The number of cyclic esters (lactones) is 1. The van der Waals surface area contributed by atoms with E-state index in [-0.39, 0.29) is 6.42 Å². The van der Waals surface area contributed by atoms with Crippen molar-refractivity contribution >= 4 is 11.9 Å². The Morgan fingerprint density at radius 3 is 2.89 bits per heavy atom. The molecule has 1 saturated heterocycles. The summed E-state index contributed by atoms with van der Waals surface area (Å²) in [4.78, 5) is 22.4. The molecule has 96 valence electrons. The van der Waals surface area contributed by atoms with Gasteiger partial charge >= 0.3 is 11.9 Å². The minimum absolute atomic E-state index is 0.0968. The van der Waals surface area contributed by atoms with Crippen molar-refractivity contribution in [2.45, 2.75) is 19.4 Å². The van der Waals surface area contributed by atoms with Gasteiger partial charge in [0.1, 0.15) is 17.8 Å². The molecule has 1 aromatic rings. The summed E-state index contributed by atoms with van der Waals surface area (Å²) in [6.07, 6.45) is -0.863. The fraction of sp³-hybridized carbons (Fsp3) is 0.385.